The van der Waals surface area contributed by atoms with Crippen molar-refractivity contribution in [3.63, 3.8) is 0 Å². The van der Waals surface area contributed by atoms with Crippen molar-refractivity contribution in [2.75, 3.05) is 11.9 Å². The average molecular weight is 407 g/mol. The second kappa shape index (κ2) is 6.98. The van der Waals surface area contributed by atoms with Gasteiger partial charge in [0, 0.05) is 29.4 Å². The second-order valence-corrected chi connectivity index (χ2v) is 9.29. The van der Waals surface area contributed by atoms with Crippen LogP contribution in [-0.4, -0.2) is 39.3 Å². The first kappa shape index (κ1) is 20.5. The van der Waals surface area contributed by atoms with E-state index in [1.807, 2.05) is 27.7 Å². The molecule has 0 radical (unpaired) electrons. The maximum Gasteiger partial charge on any atom is 0.274 e. The van der Waals surface area contributed by atoms with E-state index in [2.05, 4.69) is 15.5 Å². The Morgan fingerprint density at radius 2 is 2.11 bits per heavy atom. The van der Waals surface area contributed by atoms with E-state index < -0.39 is 23.0 Å². The Morgan fingerprint density at radius 3 is 2.71 bits per heavy atom. The first-order valence-electron chi connectivity index (χ1n) is 9.08. The number of thiophene rings is 1. The van der Waals surface area contributed by atoms with Gasteiger partial charge in [0.2, 0.25) is 0 Å². The van der Waals surface area contributed by atoms with E-state index in [1.165, 1.54) is 17.5 Å². The van der Waals surface area contributed by atoms with Gasteiger partial charge in [0.25, 0.3) is 11.8 Å². The molecule has 3 rings (SSSR count). The Hall–Kier alpha value is -2.23. The number of aliphatic hydroxyl groups excluding tert-OH is 1. The van der Waals surface area contributed by atoms with Crippen LogP contribution in [0, 0.1) is 0 Å². The quantitative estimate of drug-likeness (QED) is 0.606. The van der Waals surface area contributed by atoms with Gasteiger partial charge in [-0.1, -0.05) is 6.92 Å². The SMILES string of the molecule is CC(CO)c1cn[nH]c1C(=O)Nc1sc2c(c1C(N)=O)CC(C)(C)OC2(C)C. The molecule has 0 aliphatic carbocycles. The molecule has 0 bridgehead atoms. The number of hydrogen-bond acceptors (Lipinski definition) is 6. The average Bonchev–Trinajstić information content (AvgIpc) is 3.17. The van der Waals surface area contributed by atoms with E-state index in [4.69, 9.17) is 10.5 Å². The summed E-state index contributed by atoms with van der Waals surface area (Å²) in [5.74, 6) is -1.28. The number of aromatic amines is 1. The van der Waals surface area contributed by atoms with Crippen LogP contribution in [0.1, 0.15) is 77.4 Å². The van der Waals surface area contributed by atoms with Gasteiger partial charge < -0.3 is 20.9 Å². The van der Waals surface area contributed by atoms with Crippen LogP contribution in [0.3, 0.4) is 0 Å². The second-order valence-electron chi connectivity index (χ2n) is 8.27. The van der Waals surface area contributed by atoms with Crippen LogP contribution in [0.4, 0.5) is 5.00 Å². The Balaban J connectivity index is 2.03. The summed E-state index contributed by atoms with van der Waals surface area (Å²) in [6, 6.07) is 0. The molecule has 1 aliphatic heterocycles. The highest BCUT2D eigenvalue weighted by Crippen LogP contribution is 2.48. The van der Waals surface area contributed by atoms with E-state index >= 15 is 0 Å². The molecule has 1 unspecified atom stereocenters. The molecule has 0 aromatic carbocycles. The third-order valence-electron chi connectivity index (χ3n) is 4.86. The fourth-order valence-electron chi connectivity index (χ4n) is 3.78. The molecule has 8 nitrogen and oxygen atoms in total. The van der Waals surface area contributed by atoms with Gasteiger partial charge in [-0.15, -0.1) is 11.3 Å². The number of aromatic nitrogens is 2. The van der Waals surface area contributed by atoms with Gasteiger partial charge >= 0.3 is 0 Å². The van der Waals surface area contributed by atoms with Gasteiger partial charge in [0.15, 0.2) is 0 Å². The summed E-state index contributed by atoms with van der Waals surface area (Å²) in [5, 5.41) is 19.2. The van der Waals surface area contributed by atoms with Crippen LogP contribution in [0.15, 0.2) is 6.20 Å². The van der Waals surface area contributed by atoms with E-state index in [9.17, 15) is 14.7 Å². The summed E-state index contributed by atoms with van der Waals surface area (Å²) in [6.07, 6.45) is 2.04. The number of nitrogens with one attached hydrogen (secondary N) is 2. The third kappa shape index (κ3) is 3.57. The molecule has 2 aromatic rings. The lowest BCUT2D eigenvalue weighted by atomic mass is 9.86. The van der Waals surface area contributed by atoms with Crippen LogP contribution >= 0.6 is 11.3 Å². The minimum absolute atomic E-state index is 0.111. The number of primary amides is 1. The Morgan fingerprint density at radius 1 is 1.43 bits per heavy atom. The zero-order valence-electron chi connectivity index (χ0n) is 16.7. The molecule has 5 N–H and O–H groups in total. The summed E-state index contributed by atoms with van der Waals surface area (Å²) < 4.78 is 6.18. The number of aliphatic hydroxyl groups is 1. The number of nitrogens with zero attached hydrogens (tertiary/aromatic N) is 1. The lowest BCUT2D eigenvalue weighted by molar-refractivity contribution is -0.135. The maximum atomic E-state index is 12.9. The zero-order chi connectivity index (χ0) is 20.9. The van der Waals surface area contributed by atoms with Gasteiger partial charge in [-0.05, 0) is 33.3 Å². The van der Waals surface area contributed by atoms with Crippen LogP contribution in [0.5, 0.6) is 0 Å². The largest absolute Gasteiger partial charge is 0.396 e. The van der Waals surface area contributed by atoms with E-state index in [0.717, 1.165) is 10.4 Å². The van der Waals surface area contributed by atoms with Crippen molar-refractivity contribution in [1.82, 2.24) is 10.2 Å². The number of anilines is 1. The van der Waals surface area contributed by atoms with Gasteiger partial charge in [-0.2, -0.15) is 5.10 Å². The Labute approximate surface area is 167 Å². The van der Waals surface area contributed by atoms with Gasteiger partial charge in [-0.25, -0.2) is 0 Å². The zero-order valence-corrected chi connectivity index (χ0v) is 17.5. The van der Waals surface area contributed by atoms with Gasteiger partial charge in [-0.3, -0.25) is 14.7 Å². The number of hydrogen-bond donors (Lipinski definition) is 4. The molecule has 0 saturated carbocycles. The van der Waals surface area contributed by atoms with Gasteiger partial charge in [0.1, 0.15) is 10.7 Å². The molecule has 152 valence electrons. The highest BCUT2D eigenvalue weighted by atomic mass is 32.1. The standard InChI is InChI=1S/C19H26N4O4S/c1-9(8-24)11-7-21-23-13(11)16(26)22-17-12(15(20)25)10-6-18(2,3)27-19(4,5)14(10)28-17/h7,9,24H,6,8H2,1-5H3,(H2,20,25)(H,21,23)(H,22,26). The molecule has 1 aliphatic rings. The molecule has 1 atom stereocenters. The molecule has 2 amide bonds. The highest BCUT2D eigenvalue weighted by molar-refractivity contribution is 7.17. The molecular formula is C19H26N4O4S. The van der Waals surface area contributed by atoms with Crippen LogP contribution < -0.4 is 11.1 Å². The molecule has 9 heteroatoms. The highest BCUT2D eigenvalue weighted by Gasteiger charge is 2.43. The molecule has 0 fully saturated rings. The van der Waals surface area contributed by atoms with Crippen molar-refractivity contribution in [2.24, 2.45) is 5.73 Å². The van der Waals surface area contributed by atoms with Crippen LogP contribution in [-0.2, 0) is 16.8 Å². The van der Waals surface area contributed by atoms with E-state index in [1.54, 1.807) is 6.92 Å². The van der Waals surface area contributed by atoms with Crippen molar-refractivity contribution in [2.45, 2.75) is 58.2 Å². The monoisotopic (exact) mass is 406 g/mol. The first-order chi connectivity index (χ1) is 13.0. The number of carbonyl (C=O) groups is 2. The predicted octanol–water partition coefficient (Wildman–Crippen LogP) is 2.50. The summed E-state index contributed by atoms with van der Waals surface area (Å²) in [4.78, 5) is 26.0. The van der Waals surface area contributed by atoms with E-state index in [-0.39, 0.29) is 18.2 Å². The lowest BCUT2D eigenvalue weighted by Gasteiger charge is -2.41. The lowest BCUT2D eigenvalue weighted by Crippen LogP contribution is -2.42. The predicted molar refractivity (Wildman–Crippen MR) is 107 cm³/mol. The molecular weight excluding hydrogens is 380 g/mol. The fourth-order valence-corrected chi connectivity index (χ4v) is 5.04. The number of fused-ring (bicyclic) bond motifs is 1. The number of H-pyrrole nitrogens is 1. The third-order valence-corrected chi connectivity index (χ3v) is 6.31. The molecule has 0 spiro atoms. The summed E-state index contributed by atoms with van der Waals surface area (Å²) in [6.45, 7) is 9.49. The number of amides is 2. The van der Waals surface area contributed by atoms with Crippen molar-refractivity contribution < 1.29 is 19.4 Å². The number of rotatable bonds is 5. The molecule has 0 saturated heterocycles. The summed E-state index contributed by atoms with van der Waals surface area (Å²) >= 11 is 1.30. The molecule has 2 aromatic heterocycles. The minimum Gasteiger partial charge on any atom is -0.396 e. The summed E-state index contributed by atoms with van der Waals surface area (Å²) in [5.41, 5.74) is 6.61. The van der Waals surface area contributed by atoms with Gasteiger partial charge in [0.05, 0.1) is 23.0 Å². The first-order valence-corrected chi connectivity index (χ1v) is 9.90. The fraction of sp³-hybridized carbons (Fsp3) is 0.526. The molecule has 3 heterocycles. The summed E-state index contributed by atoms with van der Waals surface area (Å²) in [7, 11) is 0. The van der Waals surface area contributed by atoms with E-state index in [0.29, 0.717) is 22.5 Å². The number of nitrogens with two attached hydrogens (primary N) is 1. The van der Waals surface area contributed by atoms with Crippen molar-refractivity contribution >= 4 is 28.2 Å². The smallest absolute Gasteiger partial charge is 0.274 e. The number of carbonyl (C=O) groups excluding carboxylic acids is 2. The Bertz CT molecular complexity index is 929. The van der Waals surface area contributed by atoms with Crippen LogP contribution in [0.25, 0.3) is 0 Å². The minimum atomic E-state index is -0.612. The van der Waals surface area contributed by atoms with Crippen molar-refractivity contribution in [1.29, 1.82) is 0 Å². The molecule has 28 heavy (non-hydrogen) atoms. The number of ether oxygens (including phenoxy) is 1. The normalized spacial score (nSPS) is 18.4. The topological polar surface area (TPSA) is 130 Å². The van der Waals surface area contributed by atoms with Crippen molar-refractivity contribution in [3.8, 4) is 0 Å². The van der Waals surface area contributed by atoms with Crippen molar-refractivity contribution in [3.05, 3.63) is 33.5 Å². The Kier molecular flexibility index (Phi) is 5.11. The maximum absolute atomic E-state index is 12.9. The van der Waals surface area contributed by atoms with Crippen LogP contribution in [0.2, 0.25) is 0 Å².